The highest BCUT2D eigenvalue weighted by atomic mass is 32.2. The van der Waals surface area contributed by atoms with Gasteiger partial charge in [-0.05, 0) is 7.05 Å². The molecule has 1 rings (SSSR count). The van der Waals surface area contributed by atoms with Gasteiger partial charge in [0.25, 0.3) is 0 Å². The Kier molecular flexibility index (Phi) is 2.66. The minimum Gasteiger partial charge on any atom is -0.304 e. The highest BCUT2D eigenvalue weighted by Gasteiger charge is 2.08. The lowest BCUT2D eigenvalue weighted by atomic mass is 10.5. The van der Waals surface area contributed by atoms with Crippen LogP contribution in [0.15, 0.2) is 0 Å². The molecule has 3 heteroatoms. The van der Waals surface area contributed by atoms with Crippen molar-refractivity contribution in [2.24, 2.45) is 0 Å². The van der Waals surface area contributed by atoms with Crippen LogP contribution in [-0.4, -0.2) is 31.3 Å². The molecule has 0 spiro atoms. The summed E-state index contributed by atoms with van der Waals surface area (Å²) in [6, 6.07) is 0. The molecule has 0 aromatic carbocycles. The van der Waals surface area contributed by atoms with Crippen LogP contribution in [0.1, 0.15) is 0 Å². The largest absolute Gasteiger partial charge is 0.304 e. The average Bonchev–Trinajstić information content (AvgIpc) is 1.90. The van der Waals surface area contributed by atoms with Crippen molar-refractivity contribution < 1.29 is 0 Å². The van der Waals surface area contributed by atoms with Gasteiger partial charge in [0.2, 0.25) is 0 Å². The molecule has 2 nitrogen and oxygen atoms in total. The topological polar surface area (TPSA) is 24.1 Å². The molecule has 0 saturated carbocycles. The maximum Gasteiger partial charge on any atom is 0.0662 e. The van der Waals surface area contributed by atoms with Gasteiger partial charge in [-0.1, -0.05) is 0 Å². The lowest BCUT2D eigenvalue weighted by Crippen LogP contribution is -2.46. The summed E-state index contributed by atoms with van der Waals surface area (Å²) < 4.78 is 0. The molecule has 1 atom stereocenters. The molecule has 48 valence electrons. The number of nitrogens with one attached hydrogen (secondary N) is 2. The zero-order chi connectivity index (χ0) is 5.82. The first kappa shape index (κ1) is 6.39. The van der Waals surface area contributed by atoms with E-state index in [4.69, 9.17) is 0 Å². The van der Waals surface area contributed by atoms with Gasteiger partial charge in [-0.15, -0.1) is 0 Å². The predicted octanol–water partition coefficient (Wildman–Crippen LogP) is -0.132. The first-order valence-electron chi connectivity index (χ1n) is 2.92. The Labute approximate surface area is 54.4 Å². The lowest BCUT2D eigenvalue weighted by molar-refractivity contribution is 0.504. The normalized spacial score (nSPS) is 30.4. The van der Waals surface area contributed by atoms with E-state index in [2.05, 4.69) is 10.6 Å². The number of rotatable bonds is 1. The predicted molar refractivity (Wildman–Crippen MR) is 38.2 cm³/mol. The fourth-order valence-corrected chi connectivity index (χ4v) is 1.70. The van der Waals surface area contributed by atoms with Crippen molar-refractivity contribution in [3.8, 4) is 0 Å². The van der Waals surface area contributed by atoms with Gasteiger partial charge in [0, 0.05) is 18.1 Å². The smallest absolute Gasteiger partial charge is 0.0662 e. The van der Waals surface area contributed by atoms with Gasteiger partial charge in [-0.2, -0.15) is 11.8 Å². The third kappa shape index (κ3) is 1.65. The van der Waals surface area contributed by atoms with Crippen LogP contribution in [-0.2, 0) is 0 Å². The Morgan fingerprint density at radius 3 is 3.00 bits per heavy atom. The molecule has 1 fully saturated rings. The minimum atomic E-state index is 0.550. The van der Waals surface area contributed by atoms with Crippen molar-refractivity contribution in [2.75, 3.05) is 25.1 Å². The maximum absolute atomic E-state index is 3.34. The molecule has 0 bridgehead atoms. The van der Waals surface area contributed by atoms with Gasteiger partial charge < -0.3 is 10.6 Å². The summed E-state index contributed by atoms with van der Waals surface area (Å²) in [6.07, 6.45) is 0.550. The van der Waals surface area contributed by atoms with Crippen LogP contribution < -0.4 is 10.6 Å². The second kappa shape index (κ2) is 3.33. The summed E-state index contributed by atoms with van der Waals surface area (Å²) in [7, 11) is 1.99. The first-order chi connectivity index (χ1) is 3.93. The number of hydrogen-bond acceptors (Lipinski definition) is 3. The van der Waals surface area contributed by atoms with E-state index in [-0.39, 0.29) is 0 Å². The zero-order valence-corrected chi connectivity index (χ0v) is 5.92. The Balaban J connectivity index is 2.13. The lowest BCUT2D eigenvalue weighted by Gasteiger charge is -2.21. The molecule has 2 N–H and O–H groups in total. The van der Waals surface area contributed by atoms with Crippen LogP contribution in [0, 0.1) is 0 Å². The van der Waals surface area contributed by atoms with Crippen molar-refractivity contribution in [2.45, 2.75) is 6.17 Å². The molecule has 1 aliphatic heterocycles. The Morgan fingerprint density at radius 1 is 1.75 bits per heavy atom. The number of hydrogen-bond donors (Lipinski definition) is 2. The minimum absolute atomic E-state index is 0.550. The molecule has 0 aromatic rings. The fourth-order valence-electron chi connectivity index (χ4n) is 0.751. The summed E-state index contributed by atoms with van der Waals surface area (Å²) >= 11 is 2.00. The highest BCUT2D eigenvalue weighted by Crippen LogP contribution is 2.04. The fraction of sp³-hybridized carbons (Fsp3) is 1.00. The monoisotopic (exact) mass is 132 g/mol. The van der Waals surface area contributed by atoms with Crippen LogP contribution in [0.25, 0.3) is 0 Å². The maximum atomic E-state index is 3.34. The second-order valence-corrected chi connectivity index (χ2v) is 3.02. The van der Waals surface area contributed by atoms with Crippen LogP contribution in [0.5, 0.6) is 0 Å². The van der Waals surface area contributed by atoms with Gasteiger partial charge in [0.05, 0.1) is 6.17 Å². The third-order valence-corrected chi connectivity index (χ3v) is 2.33. The van der Waals surface area contributed by atoms with E-state index >= 15 is 0 Å². The second-order valence-electron chi connectivity index (χ2n) is 1.87. The molecule has 0 radical (unpaired) electrons. The van der Waals surface area contributed by atoms with E-state index in [0.717, 1.165) is 6.54 Å². The SMILES string of the molecule is CNC1CSCCN1. The van der Waals surface area contributed by atoms with Crippen molar-refractivity contribution in [3.63, 3.8) is 0 Å². The molecule has 1 saturated heterocycles. The quantitative estimate of drug-likeness (QED) is 0.519. The zero-order valence-electron chi connectivity index (χ0n) is 5.11. The molecule has 0 amide bonds. The first-order valence-corrected chi connectivity index (χ1v) is 4.07. The van der Waals surface area contributed by atoms with E-state index in [1.807, 2.05) is 18.8 Å². The average molecular weight is 132 g/mol. The van der Waals surface area contributed by atoms with Crippen molar-refractivity contribution in [1.82, 2.24) is 10.6 Å². The summed E-state index contributed by atoms with van der Waals surface area (Å²) in [4.78, 5) is 0. The van der Waals surface area contributed by atoms with Gasteiger partial charge >= 0.3 is 0 Å². The van der Waals surface area contributed by atoms with Gasteiger partial charge in [0.15, 0.2) is 0 Å². The van der Waals surface area contributed by atoms with E-state index in [0.29, 0.717) is 6.17 Å². The molecule has 1 heterocycles. The Hall–Kier alpha value is 0.270. The van der Waals surface area contributed by atoms with Crippen molar-refractivity contribution in [3.05, 3.63) is 0 Å². The third-order valence-electron chi connectivity index (χ3n) is 1.27. The standard InChI is InChI=1S/C5H12N2S/c1-6-5-4-8-3-2-7-5/h5-7H,2-4H2,1H3. The van der Waals surface area contributed by atoms with Crippen LogP contribution in [0.3, 0.4) is 0 Å². The molecule has 8 heavy (non-hydrogen) atoms. The van der Waals surface area contributed by atoms with E-state index in [9.17, 15) is 0 Å². The highest BCUT2D eigenvalue weighted by molar-refractivity contribution is 7.99. The number of thioether (sulfide) groups is 1. The summed E-state index contributed by atoms with van der Waals surface area (Å²) in [6.45, 7) is 1.15. The summed E-state index contributed by atoms with van der Waals surface area (Å²) in [5.74, 6) is 2.47. The van der Waals surface area contributed by atoms with Crippen molar-refractivity contribution >= 4 is 11.8 Å². The van der Waals surface area contributed by atoms with Gasteiger partial charge in [-0.25, -0.2) is 0 Å². The van der Waals surface area contributed by atoms with E-state index in [1.54, 1.807) is 0 Å². The van der Waals surface area contributed by atoms with Gasteiger partial charge in [0.1, 0.15) is 0 Å². The Morgan fingerprint density at radius 2 is 2.62 bits per heavy atom. The molecule has 1 unspecified atom stereocenters. The van der Waals surface area contributed by atoms with Crippen LogP contribution in [0.2, 0.25) is 0 Å². The van der Waals surface area contributed by atoms with E-state index < -0.39 is 0 Å². The summed E-state index contributed by atoms with van der Waals surface area (Å²) in [5.41, 5.74) is 0. The Bertz CT molecular complexity index is 61.4. The molecule has 1 aliphatic rings. The van der Waals surface area contributed by atoms with Crippen LogP contribution in [0.4, 0.5) is 0 Å². The van der Waals surface area contributed by atoms with Crippen molar-refractivity contribution in [1.29, 1.82) is 0 Å². The molecular weight excluding hydrogens is 120 g/mol. The van der Waals surface area contributed by atoms with Gasteiger partial charge in [-0.3, -0.25) is 0 Å². The summed E-state index contributed by atoms with van der Waals surface area (Å²) in [5, 5.41) is 6.51. The molecular formula is C5H12N2S. The molecule has 0 aromatic heterocycles. The van der Waals surface area contributed by atoms with E-state index in [1.165, 1.54) is 11.5 Å². The molecule has 0 aliphatic carbocycles. The van der Waals surface area contributed by atoms with Crippen LogP contribution >= 0.6 is 11.8 Å².